The Morgan fingerprint density at radius 3 is 1.89 bits per heavy atom. The topological polar surface area (TPSA) is 89.8 Å². The molecule has 0 aromatic rings. The number of hydrogen-bond donors (Lipinski definition) is 4. The molecule has 0 saturated carbocycles. The van der Waals surface area contributed by atoms with Gasteiger partial charge in [0.2, 0.25) is 0 Å². The third-order valence-electron chi connectivity index (χ3n) is 0.654. The van der Waals surface area contributed by atoms with E-state index in [0.717, 1.165) is 0 Å². The molecule has 0 aromatic carbocycles. The van der Waals surface area contributed by atoms with Crippen LogP contribution in [-0.4, -0.2) is 28.3 Å². The number of rotatable bonds is 1. The fraction of sp³-hybridized carbons (Fsp3) is 0.250. The van der Waals surface area contributed by atoms with Crippen molar-refractivity contribution in [2.24, 2.45) is 0 Å². The van der Waals surface area contributed by atoms with Gasteiger partial charge in [0.05, 0.1) is 0 Å². The Kier molecular flexibility index (Phi) is 2.37. The highest BCUT2D eigenvalue weighted by molar-refractivity contribution is 5.90. The minimum Gasteiger partial charge on any atom is -0.498 e. The van der Waals surface area contributed by atoms with Gasteiger partial charge in [0.25, 0.3) is 11.7 Å². The first-order valence-corrected chi connectivity index (χ1v) is 2.12. The van der Waals surface area contributed by atoms with Gasteiger partial charge in [-0.3, -0.25) is 4.79 Å². The second kappa shape index (κ2) is 2.81. The van der Waals surface area contributed by atoms with Gasteiger partial charge >= 0.3 is 5.95 Å². The Labute approximate surface area is 51.2 Å². The predicted molar refractivity (Wildman–Crippen MR) is 29.0 cm³/mol. The van der Waals surface area contributed by atoms with Crippen LogP contribution in [-0.2, 0) is 4.79 Å². The summed E-state index contributed by atoms with van der Waals surface area (Å²) in [6.07, 6.45) is 0. The van der Waals surface area contributed by atoms with Crippen molar-refractivity contribution in [3.63, 3.8) is 0 Å². The van der Waals surface area contributed by atoms with Crippen molar-refractivity contribution in [3.8, 4) is 0 Å². The summed E-state index contributed by atoms with van der Waals surface area (Å²) in [6, 6.07) is 0. The minimum atomic E-state index is -1.38. The summed E-state index contributed by atoms with van der Waals surface area (Å²) >= 11 is 0. The van der Waals surface area contributed by atoms with E-state index in [9.17, 15) is 4.79 Å². The van der Waals surface area contributed by atoms with E-state index < -0.39 is 17.6 Å². The van der Waals surface area contributed by atoms with Crippen LogP contribution in [0, 0.1) is 0 Å². The molecule has 0 spiro atoms. The first-order valence-electron chi connectivity index (χ1n) is 2.12. The van der Waals surface area contributed by atoms with Gasteiger partial charge in [-0.1, -0.05) is 0 Å². The fourth-order valence-corrected chi connectivity index (χ4v) is 0.220. The van der Waals surface area contributed by atoms with E-state index >= 15 is 0 Å². The van der Waals surface area contributed by atoms with Crippen molar-refractivity contribution in [3.05, 3.63) is 11.7 Å². The summed E-state index contributed by atoms with van der Waals surface area (Å²) < 4.78 is 0. The molecular formula is C4H7NO4. The zero-order valence-corrected chi connectivity index (χ0v) is 4.75. The van der Waals surface area contributed by atoms with Crippen LogP contribution >= 0.6 is 0 Å². The number of nitrogens with one attached hydrogen (secondary N) is 1. The molecule has 0 fully saturated rings. The average Bonchev–Trinajstić information content (AvgIpc) is 1.84. The number of likely N-dealkylation sites (N-methyl/N-ethyl adjacent to an activating group) is 1. The predicted octanol–water partition coefficient (Wildman–Crippen LogP) is -0.424. The molecule has 0 radical (unpaired) electrons. The van der Waals surface area contributed by atoms with Crippen LogP contribution < -0.4 is 5.32 Å². The smallest absolute Gasteiger partial charge is 0.324 e. The van der Waals surface area contributed by atoms with E-state index in [4.69, 9.17) is 15.3 Å². The molecule has 0 saturated heterocycles. The van der Waals surface area contributed by atoms with E-state index in [1.807, 2.05) is 5.32 Å². The van der Waals surface area contributed by atoms with Gasteiger partial charge in [-0.05, 0) is 0 Å². The highest BCUT2D eigenvalue weighted by Crippen LogP contribution is 1.90. The quantitative estimate of drug-likeness (QED) is 0.289. The molecule has 0 aliphatic heterocycles. The minimum absolute atomic E-state index is 0.935. The number of amides is 1. The van der Waals surface area contributed by atoms with Gasteiger partial charge in [0.15, 0.2) is 0 Å². The van der Waals surface area contributed by atoms with Gasteiger partial charge in [0.1, 0.15) is 0 Å². The molecule has 9 heavy (non-hydrogen) atoms. The maximum absolute atomic E-state index is 10.2. The molecule has 0 unspecified atom stereocenters. The van der Waals surface area contributed by atoms with Gasteiger partial charge < -0.3 is 20.6 Å². The van der Waals surface area contributed by atoms with Gasteiger partial charge in [-0.25, -0.2) is 0 Å². The standard InChI is InChI=1S/C4H7NO4/c1-5-3(7)2(6)4(8)9/h6,8-9H,1H3,(H,5,7). The van der Waals surface area contributed by atoms with Gasteiger partial charge in [-0.2, -0.15) is 0 Å². The second-order valence-corrected chi connectivity index (χ2v) is 1.25. The molecule has 4 N–H and O–H groups in total. The zero-order chi connectivity index (χ0) is 7.44. The third kappa shape index (κ3) is 1.89. The molecule has 0 rings (SSSR count). The molecule has 0 heterocycles. The lowest BCUT2D eigenvalue weighted by Crippen LogP contribution is -2.21. The summed E-state index contributed by atoms with van der Waals surface area (Å²) in [5.74, 6) is -3.40. The summed E-state index contributed by atoms with van der Waals surface area (Å²) in [5, 5.41) is 26.4. The lowest BCUT2D eigenvalue weighted by molar-refractivity contribution is -0.120. The third-order valence-corrected chi connectivity index (χ3v) is 0.654. The van der Waals surface area contributed by atoms with E-state index in [-0.39, 0.29) is 0 Å². The molecule has 0 atom stereocenters. The van der Waals surface area contributed by atoms with Crippen LogP contribution in [0.1, 0.15) is 0 Å². The van der Waals surface area contributed by atoms with Gasteiger partial charge in [0, 0.05) is 7.05 Å². The van der Waals surface area contributed by atoms with Crippen molar-refractivity contribution in [2.75, 3.05) is 7.05 Å². The number of carbonyl (C=O) groups is 1. The van der Waals surface area contributed by atoms with E-state index in [1.165, 1.54) is 7.05 Å². The van der Waals surface area contributed by atoms with E-state index in [2.05, 4.69) is 0 Å². The molecule has 0 aliphatic carbocycles. The fourth-order valence-electron chi connectivity index (χ4n) is 0.220. The van der Waals surface area contributed by atoms with Gasteiger partial charge in [-0.15, -0.1) is 0 Å². The molecule has 5 nitrogen and oxygen atoms in total. The molecule has 52 valence electrons. The van der Waals surface area contributed by atoms with Crippen molar-refractivity contribution < 1.29 is 20.1 Å². The van der Waals surface area contributed by atoms with E-state index in [1.54, 1.807) is 0 Å². The Hall–Kier alpha value is -1.39. The summed E-state index contributed by atoms with van der Waals surface area (Å²) in [7, 11) is 1.25. The first kappa shape index (κ1) is 7.61. The van der Waals surface area contributed by atoms with Crippen LogP contribution in [0.5, 0.6) is 0 Å². The summed E-state index contributed by atoms with van der Waals surface area (Å²) in [6.45, 7) is 0. The Morgan fingerprint density at radius 1 is 1.33 bits per heavy atom. The number of aliphatic hydroxyl groups excluding tert-OH is 2. The van der Waals surface area contributed by atoms with E-state index in [0.29, 0.717) is 0 Å². The SMILES string of the molecule is CNC(=O)C(O)=C(O)O. The number of hydrogen-bond acceptors (Lipinski definition) is 4. The normalized spacial score (nSPS) is 8.11. The highest BCUT2D eigenvalue weighted by Gasteiger charge is 2.09. The maximum Gasteiger partial charge on any atom is 0.324 e. The Balaban J connectivity index is 4.21. The largest absolute Gasteiger partial charge is 0.498 e. The Bertz CT molecular complexity index is 147. The molecule has 0 bridgehead atoms. The monoisotopic (exact) mass is 133 g/mol. The molecule has 1 amide bonds. The van der Waals surface area contributed by atoms with Crippen molar-refractivity contribution in [2.45, 2.75) is 0 Å². The Morgan fingerprint density at radius 2 is 1.78 bits per heavy atom. The number of carbonyl (C=O) groups excluding carboxylic acids is 1. The lowest BCUT2D eigenvalue weighted by Gasteiger charge is -1.95. The van der Waals surface area contributed by atoms with Crippen LogP contribution in [0.15, 0.2) is 11.7 Å². The van der Waals surface area contributed by atoms with Crippen molar-refractivity contribution in [1.82, 2.24) is 5.32 Å². The number of aliphatic hydroxyl groups is 3. The van der Waals surface area contributed by atoms with Crippen LogP contribution in [0.2, 0.25) is 0 Å². The van der Waals surface area contributed by atoms with Crippen LogP contribution in [0.3, 0.4) is 0 Å². The van der Waals surface area contributed by atoms with Crippen LogP contribution in [0.25, 0.3) is 0 Å². The van der Waals surface area contributed by atoms with Crippen molar-refractivity contribution in [1.29, 1.82) is 0 Å². The molecule has 0 aliphatic rings. The average molecular weight is 133 g/mol. The molecule has 5 heteroatoms. The molecular weight excluding hydrogens is 126 g/mol. The van der Waals surface area contributed by atoms with Crippen LogP contribution in [0.4, 0.5) is 0 Å². The zero-order valence-electron chi connectivity index (χ0n) is 4.75. The lowest BCUT2D eigenvalue weighted by atomic mass is 10.5. The highest BCUT2D eigenvalue weighted by atomic mass is 16.5. The second-order valence-electron chi connectivity index (χ2n) is 1.25. The molecule has 0 aromatic heterocycles. The van der Waals surface area contributed by atoms with Crippen molar-refractivity contribution >= 4 is 5.91 Å². The maximum atomic E-state index is 10.2. The summed E-state index contributed by atoms with van der Waals surface area (Å²) in [5.41, 5.74) is 0. The first-order chi connectivity index (χ1) is 4.09. The summed E-state index contributed by atoms with van der Waals surface area (Å²) in [4.78, 5) is 10.2.